The summed E-state index contributed by atoms with van der Waals surface area (Å²) in [5.74, 6) is -2.62. The maximum Gasteiger partial charge on any atom is 0.419 e. The quantitative estimate of drug-likeness (QED) is 0.245. The van der Waals surface area contributed by atoms with Gasteiger partial charge in [-0.1, -0.05) is 48.5 Å². The van der Waals surface area contributed by atoms with Gasteiger partial charge < -0.3 is 5.32 Å². The van der Waals surface area contributed by atoms with E-state index in [9.17, 15) is 35.5 Å². The van der Waals surface area contributed by atoms with Gasteiger partial charge in [-0.2, -0.15) is 26.3 Å². The Balaban J connectivity index is 1.98. The smallest absolute Gasteiger partial charge is 0.337 e. The lowest BCUT2D eigenvalue weighted by atomic mass is 9.78. The van der Waals surface area contributed by atoms with Crippen LogP contribution in [-0.4, -0.2) is 10.9 Å². The second-order valence-corrected chi connectivity index (χ2v) is 9.47. The fourth-order valence-electron chi connectivity index (χ4n) is 4.67. The highest BCUT2D eigenvalue weighted by Crippen LogP contribution is 2.39. The molecule has 1 unspecified atom stereocenters. The zero-order valence-electron chi connectivity index (χ0n) is 21.3. The van der Waals surface area contributed by atoms with Crippen LogP contribution in [0.5, 0.6) is 0 Å². The van der Waals surface area contributed by atoms with E-state index in [0.29, 0.717) is 23.3 Å². The Labute approximate surface area is 225 Å². The van der Waals surface area contributed by atoms with Gasteiger partial charge >= 0.3 is 12.4 Å². The molecule has 3 nitrogen and oxygen atoms in total. The van der Waals surface area contributed by atoms with Crippen molar-refractivity contribution in [3.63, 3.8) is 0 Å². The summed E-state index contributed by atoms with van der Waals surface area (Å²) in [5, 5.41) is 2.71. The lowest BCUT2D eigenvalue weighted by Gasteiger charge is -2.37. The van der Waals surface area contributed by atoms with Crippen LogP contribution < -0.4 is 5.32 Å². The highest BCUT2D eigenvalue weighted by Gasteiger charge is 2.42. The fourth-order valence-corrected chi connectivity index (χ4v) is 4.67. The van der Waals surface area contributed by atoms with Crippen LogP contribution in [0.1, 0.15) is 49.4 Å². The van der Waals surface area contributed by atoms with Crippen molar-refractivity contribution < 1.29 is 35.5 Å². The number of hydrogen-bond acceptors (Lipinski definition) is 2. The van der Waals surface area contributed by atoms with Gasteiger partial charge in [0.2, 0.25) is 0 Å². The zero-order valence-corrected chi connectivity index (χ0v) is 21.3. The molecular weight excluding hydrogens is 537 g/mol. The first-order chi connectivity index (χ1) is 18.7. The largest absolute Gasteiger partial charge is 0.419 e. The Morgan fingerprint density at radius 3 is 2.10 bits per heavy atom. The number of nitrogens with zero attached hydrogens (tertiary/aromatic N) is 1. The number of halogens is 7. The van der Waals surface area contributed by atoms with Gasteiger partial charge in [-0.3, -0.25) is 9.78 Å². The van der Waals surface area contributed by atoms with Gasteiger partial charge in [0.25, 0.3) is 5.91 Å². The van der Waals surface area contributed by atoms with Crippen molar-refractivity contribution in [3.8, 4) is 0 Å². The molecule has 1 aromatic heterocycles. The molecule has 208 valence electrons. The third-order valence-electron chi connectivity index (χ3n) is 6.47. The summed E-state index contributed by atoms with van der Waals surface area (Å²) < 4.78 is 95.6. The molecule has 0 aliphatic heterocycles. The molecule has 1 amide bonds. The highest BCUT2D eigenvalue weighted by atomic mass is 19.4. The molecule has 10 heteroatoms. The third-order valence-corrected chi connectivity index (χ3v) is 6.47. The van der Waals surface area contributed by atoms with Crippen molar-refractivity contribution in [3.05, 3.63) is 136 Å². The van der Waals surface area contributed by atoms with E-state index in [2.05, 4.69) is 10.3 Å². The van der Waals surface area contributed by atoms with Crippen LogP contribution in [0.15, 0.2) is 85.1 Å². The molecule has 4 rings (SSSR count). The average Bonchev–Trinajstić information content (AvgIpc) is 2.88. The van der Waals surface area contributed by atoms with Gasteiger partial charge in [0.15, 0.2) is 0 Å². The van der Waals surface area contributed by atoms with E-state index in [1.165, 1.54) is 18.3 Å². The highest BCUT2D eigenvalue weighted by molar-refractivity contribution is 5.95. The van der Waals surface area contributed by atoms with Gasteiger partial charge in [-0.25, -0.2) is 4.39 Å². The molecule has 3 aromatic carbocycles. The molecular formula is C30H23F7N2O. The number of carbonyl (C=O) groups is 1. The summed E-state index contributed by atoms with van der Waals surface area (Å²) in [6.45, 7) is 3.44. The molecule has 1 heterocycles. The number of aromatic nitrogens is 1. The standard InChI is InChI=1S/C30H23F7N2O/c1-18-13-19(2)26(38-17-18)28(16-20-7-4-3-5-8-20,22-9-6-10-23(15-22)29(32,33)34)39-27(40)21-11-12-25(31)24(14-21)30(35,36)37/h3-15,17H,16H2,1-2H3,(H,39,40). The van der Waals surface area contributed by atoms with Crippen molar-refractivity contribution in [2.75, 3.05) is 0 Å². The van der Waals surface area contributed by atoms with Crippen molar-refractivity contribution >= 4 is 5.91 Å². The van der Waals surface area contributed by atoms with Crippen LogP contribution in [-0.2, 0) is 24.3 Å². The maximum absolute atomic E-state index is 14.0. The number of amides is 1. The second-order valence-electron chi connectivity index (χ2n) is 9.47. The molecule has 0 aliphatic carbocycles. The number of alkyl halides is 6. The molecule has 0 fully saturated rings. The number of pyridine rings is 1. The summed E-state index contributed by atoms with van der Waals surface area (Å²) in [6, 6.07) is 16.4. The van der Waals surface area contributed by atoms with E-state index in [0.717, 1.165) is 23.8 Å². The number of rotatable bonds is 6. The van der Waals surface area contributed by atoms with E-state index in [1.807, 2.05) is 0 Å². The Morgan fingerprint density at radius 2 is 1.48 bits per heavy atom. The number of nitrogens with one attached hydrogen (secondary N) is 1. The van der Waals surface area contributed by atoms with Crippen LogP contribution in [0.25, 0.3) is 0 Å². The van der Waals surface area contributed by atoms with E-state index in [-0.39, 0.29) is 17.7 Å². The van der Waals surface area contributed by atoms with E-state index >= 15 is 0 Å². The first-order valence-electron chi connectivity index (χ1n) is 12.1. The van der Waals surface area contributed by atoms with Crippen LogP contribution in [0.2, 0.25) is 0 Å². The normalized spacial score (nSPS) is 13.5. The molecule has 0 saturated heterocycles. The van der Waals surface area contributed by atoms with Crippen LogP contribution in [0.4, 0.5) is 30.7 Å². The van der Waals surface area contributed by atoms with Crippen molar-refractivity contribution in [2.45, 2.75) is 38.2 Å². The summed E-state index contributed by atoms with van der Waals surface area (Å²) in [6.07, 6.45) is -8.39. The van der Waals surface area contributed by atoms with Crippen molar-refractivity contribution in [2.24, 2.45) is 0 Å². The van der Waals surface area contributed by atoms with Gasteiger partial charge in [-0.15, -0.1) is 0 Å². The number of aryl methyl sites for hydroxylation is 2. The molecule has 0 aliphatic rings. The number of carbonyl (C=O) groups excluding carboxylic acids is 1. The zero-order chi connectivity index (χ0) is 29.3. The van der Waals surface area contributed by atoms with Gasteiger partial charge in [0.1, 0.15) is 11.4 Å². The molecule has 4 aromatic rings. The van der Waals surface area contributed by atoms with Crippen LogP contribution >= 0.6 is 0 Å². The molecule has 0 saturated carbocycles. The Hall–Kier alpha value is -4.21. The first kappa shape index (κ1) is 28.8. The minimum atomic E-state index is -5.07. The molecule has 1 N–H and O–H groups in total. The number of benzene rings is 3. The van der Waals surface area contributed by atoms with E-state index in [1.54, 1.807) is 50.2 Å². The molecule has 0 bridgehead atoms. The predicted molar refractivity (Wildman–Crippen MR) is 135 cm³/mol. The van der Waals surface area contributed by atoms with Crippen molar-refractivity contribution in [1.29, 1.82) is 0 Å². The summed E-state index contributed by atoms with van der Waals surface area (Å²) >= 11 is 0. The molecule has 40 heavy (non-hydrogen) atoms. The molecule has 0 radical (unpaired) electrons. The topological polar surface area (TPSA) is 42.0 Å². The second kappa shape index (κ2) is 10.7. The molecule has 0 spiro atoms. The third kappa shape index (κ3) is 6.00. The maximum atomic E-state index is 14.0. The van der Waals surface area contributed by atoms with E-state index < -0.39 is 46.3 Å². The fraction of sp³-hybridized carbons (Fsp3) is 0.200. The summed E-state index contributed by atoms with van der Waals surface area (Å²) in [5.41, 5.74) is -2.81. The van der Waals surface area contributed by atoms with Crippen LogP contribution in [0, 0.1) is 19.7 Å². The van der Waals surface area contributed by atoms with Gasteiger partial charge in [0.05, 0.1) is 16.8 Å². The SMILES string of the molecule is Cc1cnc(C(Cc2ccccc2)(NC(=O)c2ccc(F)c(C(F)(F)F)c2)c2cccc(C(F)(F)F)c2)c(C)c1. The lowest BCUT2D eigenvalue weighted by molar-refractivity contribution is -0.140. The van der Waals surface area contributed by atoms with E-state index in [4.69, 9.17) is 0 Å². The van der Waals surface area contributed by atoms with Crippen LogP contribution in [0.3, 0.4) is 0 Å². The average molecular weight is 561 g/mol. The minimum absolute atomic E-state index is 0.0112. The Kier molecular flexibility index (Phi) is 7.74. The molecule has 1 atom stereocenters. The number of hydrogen-bond donors (Lipinski definition) is 1. The lowest BCUT2D eigenvalue weighted by Crippen LogP contribution is -2.49. The van der Waals surface area contributed by atoms with Gasteiger partial charge in [0, 0.05) is 18.2 Å². The Bertz CT molecular complexity index is 1530. The summed E-state index contributed by atoms with van der Waals surface area (Å²) in [4.78, 5) is 18.1. The predicted octanol–water partition coefficient (Wildman–Crippen LogP) is 7.79. The van der Waals surface area contributed by atoms with Crippen molar-refractivity contribution in [1.82, 2.24) is 10.3 Å². The minimum Gasteiger partial charge on any atom is -0.337 e. The van der Waals surface area contributed by atoms with Gasteiger partial charge in [-0.05, 0) is 66.4 Å². The first-order valence-corrected chi connectivity index (χ1v) is 12.1. The Morgan fingerprint density at radius 1 is 0.800 bits per heavy atom. The monoisotopic (exact) mass is 560 g/mol. The summed E-state index contributed by atoms with van der Waals surface area (Å²) in [7, 11) is 0.